The van der Waals surface area contributed by atoms with E-state index in [9.17, 15) is 15.0 Å². The summed E-state index contributed by atoms with van der Waals surface area (Å²) in [4.78, 5) is 18.5. The van der Waals surface area contributed by atoms with Gasteiger partial charge in [0.1, 0.15) is 5.75 Å². The third-order valence-corrected chi connectivity index (χ3v) is 3.65. The Labute approximate surface area is 136 Å². The quantitative estimate of drug-likeness (QED) is 0.889. The van der Waals surface area contributed by atoms with Gasteiger partial charge in [-0.15, -0.1) is 0 Å². The fourth-order valence-electron chi connectivity index (χ4n) is 2.54. The van der Waals surface area contributed by atoms with Crippen molar-refractivity contribution in [1.82, 2.24) is 9.88 Å². The third kappa shape index (κ3) is 4.29. The first-order chi connectivity index (χ1) is 10.9. The minimum atomic E-state index is -0.852. The van der Waals surface area contributed by atoms with Crippen molar-refractivity contribution >= 4 is 5.91 Å². The lowest BCUT2D eigenvalue weighted by Gasteiger charge is -2.24. The summed E-state index contributed by atoms with van der Waals surface area (Å²) < 4.78 is 0. The number of carbonyl (C=O) groups excluding carboxylic acids is 1. The predicted octanol–water partition coefficient (Wildman–Crippen LogP) is 2.60. The van der Waals surface area contributed by atoms with E-state index in [4.69, 9.17) is 0 Å². The number of nitrogens with zero attached hydrogens (tertiary/aromatic N) is 2. The van der Waals surface area contributed by atoms with E-state index < -0.39 is 6.10 Å². The third-order valence-electron chi connectivity index (χ3n) is 3.65. The van der Waals surface area contributed by atoms with E-state index >= 15 is 0 Å². The average Bonchev–Trinajstić information content (AvgIpc) is 2.50. The van der Waals surface area contributed by atoms with Crippen LogP contribution < -0.4 is 0 Å². The van der Waals surface area contributed by atoms with Gasteiger partial charge in [-0.25, -0.2) is 0 Å². The van der Waals surface area contributed by atoms with Crippen molar-refractivity contribution in [2.45, 2.75) is 26.9 Å². The number of aliphatic hydroxyl groups is 1. The molecule has 0 radical (unpaired) electrons. The number of carbonyl (C=O) groups is 1. The number of pyridine rings is 1. The molecule has 5 heteroatoms. The van der Waals surface area contributed by atoms with Gasteiger partial charge >= 0.3 is 0 Å². The molecule has 1 aromatic carbocycles. The number of aryl methyl sites for hydroxylation is 2. The predicted molar refractivity (Wildman–Crippen MR) is 88.4 cm³/mol. The van der Waals surface area contributed by atoms with Crippen LogP contribution in [0.5, 0.6) is 5.75 Å². The summed E-state index contributed by atoms with van der Waals surface area (Å²) in [5.74, 6) is -0.0448. The zero-order valence-corrected chi connectivity index (χ0v) is 13.7. The van der Waals surface area contributed by atoms with Crippen LogP contribution in [0.15, 0.2) is 36.4 Å². The monoisotopic (exact) mass is 314 g/mol. The molecule has 122 valence electrons. The standard InChI is InChI=1S/C18H22N2O3/c1-4-20(11-17(22)14-6-5-7-16(21)10-14)18(23)15-8-12(2)19-13(3)9-15/h5-10,17,21-22H,4,11H2,1-3H3/t17-/m0/s1. The van der Waals surface area contributed by atoms with E-state index in [1.807, 2.05) is 20.8 Å². The van der Waals surface area contributed by atoms with Crippen LogP contribution in [0.2, 0.25) is 0 Å². The van der Waals surface area contributed by atoms with Crippen LogP contribution in [0.3, 0.4) is 0 Å². The number of aromatic nitrogens is 1. The Morgan fingerprint density at radius 2 is 1.87 bits per heavy atom. The maximum atomic E-state index is 12.7. The summed E-state index contributed by atoms with van der Waals surface area (Å²) in [6.07, 6.45) is -0.852. The van der Waals surface area contributed by atoms with Crippen molar-refractivity contribution in [2.75, 3.05) is 13.1 Å². The molecule has 0 unspecified atom stereocenters. The topological polar surface area (TPSA) is 73.7 Å². The minimum absolute atomic E-state index is 0.0938. The molecule has 0 spiro atoms. The molecule has 1 heterocycles. The van der Waals surface area contributed by atoms with Gasteiger partial charge in [0.15, 0.2) is 0 Å². The Morgan fingerprint density at radius 1 is 1.22 bits per heavy atom. The zero-order chi connectivity index (χ0) is 17.0. The largest absolute Gasteiger partial charge is 0.508 e. The molecule has 1 atom stereocenters. The summed E-state index contributed by atoms with van der Waals surface area (Å²) in [7, 11) is 0. The maximum Gasteiger partial charge on any atom is 0.254 e. The Kier molecular flexibility index (Phi) is 5.34. The molecule has 0 bridgehead atoms. The van der Waals surface area contributed by atoms with Crippen LogP contribution in [0.4, 0.5) is 0 Å². The number of phenolic OH excluding ortho intramolecular Hbond substituents is 1. The summed E-state index contributed by atoms with van der Waals surface area (Å²) >= 11 is 0. The van der Waals surface area contributed by atoms with Crippen molar-refractivity contribution in [3.8, 4) is 5.75 Å². The smallest absolute Gasteiger partial charge is 0.254 e. The van der Waals surface area contributed by atoms with Crippen molar-refractivity contribution in [1.29, 1.82) is 0 Å². The molecule has 2 rings (SSSR count). The van der Waals surface area contributed by atoms with Gasteiger partial charge in [0.2, 0.25) is 0 Å². The van der Waals surface area contributed by atoms with Gasteiger partial charge < -0.3 is 15.1 Å². The highest BCUT2D eigenvalue weighted by atomic mass is 16.3. The lowest BCUT2D eigenvalue weighted by Crippen LogP contribution is -2.34. The lowest BCUT2D eigenvalue weighted by molar-refractivity contribution is 0.0634. The zero-order valence-electron chi connectivity index (χ0n) is 13.7. The number of amides is 1. The number of hydrogen-bond donors (Lipinski definition) is 2. The molecular formula is C18H22N2O3. The summed E-state index contributed by atoms with van der Waals surface area (Å²) in [6, 6.07) is 9.94. The molecule has 0 aliphatic heterocycles. The highest BCUT2D eigenvalue weighted by Crippen LogP contribution is 2.20. The normalized spacial score (nSPS) is 12.0. The summed E-state index contributed by atoms with van der Waals surface area (Å²) in [5, 5.41) is 19.8. The number of aliphatic hydroxyl groups excluding tert-OH is 1. The van der Waals surface area contributed by atoms with E-state index in [2.05, 4.69) is 4.98 Å². The Bertz CT molecular complexity index is 680. The second kappa shape index (κ2) is 7.24. The van der Waals surface area contributed by atoms with Gasteiger partial charge in [0, 0.05) is 23.5 Å². The molecule has 0 aliphatic rings. The van der Waals surface area contributed by atoms with Crippen molar-refractivity contribution in [2.24, 2.45) is 0 Å². The average molecular weight is 314 g/mol. The molecule has 0 fully saturated rings. The van der Waals surface area contributed by atoms with Crippen LogP contribution >= 0.6 is 0 Å². The van der Waals surface area contributed by atoms with E-state index in [0.717, 1.165) is 11.4 Å². The van der Waals surface area contributed by atoms with Gasteiger partial charge in [-0.1, -0.05) is 12.1 Å². The number of phenols is 1. The first-order valence-corrected chi connectivity index (χ1v) is 7.62. The van der Waals surface area contributed by atoms with Crippen LogP contribution in [-0.4, -0.2) is 39.1 Å². The van der Waals surface area contributed by atoms with Gasteiger partial charge in [-0.3, -0.25) is 9.78 Å². The Balaban J connectivity index is 2.17. The first-order valence-electron chi connectivity index (χ1n) is 7.62. The fourth-order valence-corrected chi connectivity index (χ4v) is 2.54. The number of hydrogen-bond acceptors (Lipinski definition) is 4. The Hall–Kier alpha value is -2.40. The van der Waals surface area contributed by atoms with Crippen molar-refractivity contribution < 1.29 is 15.0 Å². The highest BCUT2D eigenvalue weighted by molar-refractivity contribution is 5.94. The molecular weight excluding hydrogens is 292 g/mol. The van der Waals surface area contributed by atoms with Crippen LogP contribution in [-0.2, 0) is 0 Å². The van der Waals surface area contributed by atoms with Crippen molar-refractivity contribution in [3.05, 3.63) is 58.9 Å². The summed E-state index contributed by atoms with van der Waals surface area (Å²) in [5.41, 5.74) is 2.73. The van der Waals surface area contributed by atoms with Gasteiger partial charge in [0.25, 0.3) is 5.91 Å². The van der Waals surface area contributed by atoms with Gasteiger partial charge in [-0.05, 0) is 50.6 Å². The molecule has 1 amide bonds. The highest BCUT2D eigenvalue weighted by Gasteiger charge is 2.19. The molecule has 0 aliphatic carbocycles. The first kappa shape index (κ1) is 17.0. The number of rotatable bonds is 5. The molecule has 23 heavy (non-hydrogen) atoms. The van der Waals surface area contributed by atoms with Gasteiger partial charge in [0.05, 0.1) is 12.6 Å². The number of aromatic hydroxyl groups is 1. The lowest BCUT2D eigenvalue weighted by atomic mass is 10.1. The maximum absolute atomic E-state index is 12.7. The fraction of sp³-hybridized carbons (Fsp3) is 0.333. The molecule has 2 aromatic rings. The van der Waals surface area contributed by atoms with E-state index in [1.54, 1.807) is 35.2 Å². The number of likely N-dealkylation sites (N-methyl/N-ethyl adjacent to an activating group) is 1. The minimum Gasteiger partial charge on any atom is -0.508 e. The van der Waals surface area contributed by atoms with E-state index in [-0.39, 0.29) is 18.2 Å². The van der Waals surface area contributed by atoms with Crippen molar-refractivity contribution in [3.63, 3.8) is 0 Å². The SMILES string of the molecule is CCN(C[C@H](O)c1cccc(O)c1)C(=O)c1cc(C)nc(C)c1. The van der Waals surface area contributed by atoms with Gasteiger partial charge in [-0.2, -0.15) is 0 Å². The molecule has 0 saturated heterocycles. The van der Waals surface area contributed by atoms with Crippen LogP contribution in [0, 0.1) is 13.8 Å². The van der Waals surface area contributed by atoms with E-state index in [1.165, 1.54) is 6.07 Å². The molecule has 2 N–H and O–H groups in total. The second-order valence-electron chi connectivity index (χ2n) is 5.59. The Morgan fingerprint density at radius 3 is 2.43 bits per heavy atom. The number of benzene rings is 1. The van der Waals surface area contributed by atoms with Crippen LogP contribution in [0.25, 0.3) is 0 Å². The molecule has 1 aromatic heterocycles. The van der Waals surface area contributed by atoms with Crippen LogP contribution in [0.1, 0.15) is 40.3 Å². The molecule has 5 nitrogen and oxygen atoms in total. The molecule has 0 saturated carbocycles. The van der Waals surface area contributed by atoms with E-state index in [0.29, 0.717) is 17.7 Å². The summed E-state index contributed by atoms with van der Waals surface area (Å²) in [6.45, 7) is 6.21. The second-order valence-corrected chi connectivity index (χ2v) is 5.59.